The molecule has 1 N–H and O–H groups in total. The molecule has 0 bridgehead atoms. The number of carbonyl (C=O) groups excluding carboxylic acids is 1. The topological polar surface area (TPSA) is 65.9 Å². The average molecular weight is 381 g/mol. The molecule has 6 nitrogen and oxygen atoms in total. The summed E-state index contributed by atoms with van der Waals surface area (Å²) in [6, 6.07) is 6.12. The summed E-state index contributed by atoms with van der Waals surface area (Å²) < 4.78 is 41.2. The van der Waals surface area contributed by atoms with E-state index in [1.807, 2.05) is 7.05 Å². The minimum Gasteiger partial charge on any atom is -0.507 e. The second-order valence-corrected chi connectivity index (χ2v) is 6.25. The normalized spacial score (nSPS) is 15.6. The van der Waals surface area contributed by atoms with E-state index in [-0.39, 0.29) is 22.9 Å². The summed E-state index contributed by atoms with van der Waals surface area (Å²) in [5.74, 6) is -0.928. The zero-order chi connectivity index (χ0) is 19.6. The lowest BCUT2D eigenvalue weighted by molar-refractivity contribution is -0.274. The van der Waals surface area contributed by atoms with E-state index in [2.05, 4.69) is 14.6 Å². The van der Waals surface area contributed by atoms with Gasteiger partial charge in [0.25, 0.3) is 5.91 Å². The van der Waals surface area contributed by atoms with Crippen LogP contribution in [0.5, 0.6) is 11.5 Å². The number of pyridine rings is 1. The summed E-state index contributed by atoms with van der Waals surface area (Å²) >= 11 is 0. The van der Waals surface area contributed by atoms with Gasteiger partial charge < -0.3 is 19.6 Å². The molecular weight excluding hydrogens is 363 g/mol. The van der Waals surface area contributed by atoms with Gasteiger partial charge in [0, 0.05) is 43.5 Å². The van der Waals surface area contributed by atoms with E-state index >= 15 is 0 Å². The van der Waals surface area contributed by atoms with Crippen LogP contribution in [0.4, 0.5) is 13.2 Å². The maximum Gasteiger partial charge on any atom is 0.573 e. The van der Waals surface area contributed by atoms with Crippen molar-refractivity contribution < 1.29 is 27.8 Å². The van der Waals surface area contributed by atoms with Crippen molar-refractivity contribution in [1.29, 1.82) is 0 Å². The molecule has 1 aliphatic heterocycles. The number of nitrogens with zero attached hydrogens (tertiary/aromatic N) is 3. The lowest BCUT2D eigenvalue weighted by atomic mass is 10.1. The second kappa shape index (κ2) is 7.43. The van der Waals surface area contributed by atoms with Gasteiger partial charge in [0.15, 0.2) is 0 Å². The number of benzene rings is 1. The molecule has 3 rings (SSSR count). The Morgan fingerprint density at radius 1 is 1.15 bits per heavy atom. The van der Waals surface area contributed by atoms with Gasteiger partial charge in [0.1, 0.15) is 11.5 Å². The summed E-state index contributed by atoms with van der Waals surface area (Å²) in [6.07, 6.45) is -3.46. The lowest BCUT2D eigenvalue weighted by Crippen LogP contribution is -2.47. The van der Waals surface area contributed by atoms with Gasteiger partial charge in [-0.2, -0.15) is 0 Å². The van der Waals surface area contributed by atoms with E-state index in [4.69, 9.17) is 0 Å². The highest BCUT2D eigenvalue weighted by atomic mass is 19.4. The molecule has 0 unspecified atom stereocenters. The first-order valence-electron chi connectivity index (χ1n) is 8.26. The first-order valence-corrected chi connectivity index (χ1v) is 8.26. The Balaban J connectivity index is 1.87. The van der Waals surface area contributed by atoms with Crippen LogP contribution in [0.15, 0.2) is 36.5 Å². The van der Waals surface area contributed by atoms with Crippen LogP contribution in [0.1, 0.15) is 10.4 Å². The van der Waals surface area contributed by atoms with Gasteiger partial charge in [-0.25, -0.2) is 0 Å². The highest BCUT2D eigenvalue weighted by Crippen LogP contribution is 2.34. The van der Waals surface area contributed by atoms with Gasteiger partial charge in [0.2, 0.25) is 0 Å². The van der Waals surface area contributed by atoms with Crippen molar-refractivity contribution in [3.8, 4) is 22.8 Å². The quantitative estimate of drug-likeness (QED) is 0.886. The standard InChI is InChI=1S/C18H18F3N3O3/c1-23-6-8-24(9-7-23)17(26)12-4-5-22-15(10-12)14-11-13(2-3-16(14)25)27-18(19,20)21/h2-5,10-11,25H,6-9H2,1H3. The number of rotatable bonds is 3. The van der Waals surface area contributed by atoms with Crippen LogP contribution in [0, 0.1) is 0 Å². The molecule has 1 fully saturated rings. The predicted molar refractivity (Wildman–Crippen MR) is 91.4 cm³/mol. The van der Waals surface area contributed by atoms with Gasteiger partial charge in [-0.05, 0) is 37.4 Å². The Kier molecular flexibility index (Phi) is 5.22. The van der Waals surface area contributed by atoms with E-state index in [0.717, 1.165) is 31.3 Å². The third kappa shape index (κ3) is 4.68. The summed E-state index contributed by atoms with van der Waals surface area (Å²) in [6.45, 7) is 2.71. The fourth-order valence-corrected chi connectivity index (χ4v) is 2.82. The number of ether oxygens (including phenoxy) is 1. The highest BCUT2D eigenvalue weighted by molar-refractivity contribution is 5.95. The first-order chi connectivity index (χ1) is 12.7. The highest BCUT2D eigenvalue weighted by Gasteiger charge is 2.31. The van der Waals surface area contributed by atoms with E-state index < -0.39 is 12.1 Å². The number of likely N-dealkylation sites (N-methyl/N-ethyl adjacent to an activating group) is 1. The van der Waals surface area contributed by atoms with Gasteiger partial charge in [-0.15, -0.1) is 13.2 Å². The third-order valence-corrected chi connectivity index (χ3v) is 4.27. The van der Waals surface area contributed by atoms with Gasteiger partial charge in [-0.3, -0.25) is 9.78 Å². The van der Waals surface area contributed by atoms with Crippen molar-refractivity contribution in [2.45, 2.75) is 6.36 Å². The monoisotopic (exact) mass is 381 g/mol. The molecule has 0 atom stereocenters. The number of hydrogen-bond donors (Lipinski definition) is 1. The van der Waals surface area contributed by atoms with Crippen LogP contribution in [0.25, 0.3) is 11.3 Å². The van der Waals surface area contributed by atoms with E-state index in [9.17, 15) is 23.1 Å². The van der Waals surface area contributed by atoms with Gasteiger partial charge >= 0.3 is 6.36 Å². The number of phenolic OH excluding ortho intramolecular Hbond substituents is 1. The minimum absolute atomic E-state index is 0.0461. The molecule has 0 saturated carbocycles. The van der Waals surface area contributed by atoms with Crippen LogP contribution >= 0.6 is 0 Å². The van der Waals surface area contributed by atoms with E-state index in [1.54, 1.807) is 4.90 Å². The van der Waals surface area contributed by atoms with Crippen LogP contribution in [0.2, 0.25) is 0 Å². The van der Waals surface area contributed by atoms with Crippen molar-refractivity contribution in [1.82, 2.24) is 14.8 Å². The largest absolute Gasteiger partial charge is 0.573 e. The molecule has 1 saturated heterocycles. The number of halogens is 3. The summed E-state index contributed by atoms with van der Waals surface area (Å²) in [4.78, 5) is 20.6. The molecule has 0 aliphatic carbocycles. The molecule has 2 aromatic rings. The van der Waals surface area contributed by atoms with Crippen LogP contribution in [-0.2, 0) is 0 Å². The van der Waals surface area contributed by atoms with E-state index in [0.29, 0.717) is 18.7 Å². The number of aromatic hydroxyl groups is 1. The fraction of sp³-hybridized carbons (Fsp3) is 0.333. The molecule has 27 heavy (non-hydrogen) atoms. The van der Waals surface area contributed by atoms with Crippen LogP contribution in [0.3, 0.4) is 0 Å². The lowest BCUT2D eigenvalue weighted by Gasteiger charge is -2.32. The molecule has 1 aromatic heterocycles. The Morgan fingerprint density at radius 2 is 1.85 bits per heavy atom. The maximum atomic E-state index is 12.7. The number of piperazine rings is 1. The van der Waals surface area contributed by atoms with Gasteiger partial charge in [0.05, 0.1) is 5.69 Å². The van der Waals surface area contributed by atoms with Crippen molar-refractivity contribution >= 4 is 5.91 Å². The number of phenols is 1. The maximum absolute atomic E-state index is 12.7. The molecule has 1 aromatic carbocycles. The SMILES string of the molecule is CN1CCN(C(=O)c2ccnc(-c3cc(OC(F)(F)F)ccc3O)c2)CC1. The zero-order valence-electron chi connectivity index (χ0n) is 14.5. The zero-order valence-corrected chi connectivity index (χ0v) is 14.5. The Labute approximate surface area is 153 Å². The minimum atomic E-state index is -4.85. The third-order valence-electron chi connectivity index (χ3n) is 4.27. The fourth-order valence-electron chi connectivity index (χ4n) is 2.82. The average Bonchev–Trinajstić information content (AvgIpc) is 2.62. The van der Waals surface area contributed by atoms with Crippen molar-refractivity contribution in [2.75, 3.05) is 33.2 Å². The number of hydrogen-bond acceptors (Lipinski definition) is 5. The molecule has 9 heteroatoms. The molecule has 1 aliphatic rings. The first kappa shape index (κ1) is 19.0. The number of alkyl halides is 3. The van der Waals surface area contributed by atoms with Crippen molar-refractivity contribution in [2.24, 2.45) is 0 Å². The van der Waals surface area contributed by atoms with Crippen LogP contribution in [-0.4, -0.2) is 65.4 Å². The molecule has 0 spiro atoms. The Hall–Kier alpha value is -2.81. The Bertz CT molecular complexity index is 834. The Morgan fingerprint density at radius 3 is 2.52 bits per heavy atom. The number of amides is 1. The summed E-state index contributed by atoms with van der Waals surface area (Å²) in [7, 11) is 1.98. The molecule has 144 valence electrons. The van der Waals surface area contributed by atoms with E-state index in [1.165, 1.54) is 18.3 Å². The second-order valence-electron chi connectivity index (χ2n) is 6.25. The van der Waals surface area contributed by atoms with Crippen molar-refractivity contribution in [3.05, 3.63) is 42.1 Å². The number of carbonyl (C=O) groups is 1. The summed E-state index contributed by atoms with van der Waals surface area (Å²) in [5, 5.41) is 10.0. The summed E-state index contributed by atoms with van der Waals surface area (Å²) in [5.41, 5.74) is 0.580. The predicted octanol–water partition coefficient (Wildman–Crippen LogP) is 2.74. The van der Waals surface area contributed by atoms with Gasteiger partial charge in [-0.1, -0.05) is 0 Å². The molecule has 1 amide bonds. The molecule has 2 heterocycles. The number of aromatic nitrogens is 1. The van der Waals surface area contributed by atoms with Crippen molar-refractivity contribution in [3.63, 3.8) is 0 Å². The molecular formula is C18H18F3N3O3. The van der Waals surface area contributed by atoms with Crippen LogP contribution < -0.4 is 4.74 Å². The smallest absolute Gasteiger partial charge is 0.507 e. The molecule has 0 radical (unpaired) electrons.